The number of hydrogen-bond acceptors (Lipinski definition) is 3. The average molecular weight is 215 g/mol. The maximum Gasteiger partial charge on any atom is 0.106 e. The summed E-state index contributed by atoms with van der Waals surface area (Å²) in [4.78, 5) is 10.5. The van der Waals surface area contributed by atoms with Gasteiger partial charge in [-0.25, -0.2) is 0 Å². The van der Waals surface area contributed by atoms with Crippen molar-refractivity contribution in [3.63, 3.8) is 0 Å². The van der Waals surface area contributed by atoms with Crippen molar-refractivity contribution in [3.8, 4) is 0 Å². The molecular formula is C12H25NO2. The Labute approximate surface area is 93.8 Å². The van der Waals surface area contributed by atoms with E-state index in [0.29, 0.717) is 0 Å². The van der Waals surface area contributed by atoms with Crippen LogP contribution < -0.4 is 0 Å². The molecule has 3 nitrogen and oxygen atoms in total. The van der Waals surface area contributed by atoms with Crippen LogP contribution >= 0.6 is 0 Å². The number of ether oxygens (including phenoxy) is 1. The van der Waals surface area contributed by atoms with Gasteiger partial charge in [0.25, 0.3) is 0 Å². The van der Waals surface area contributed by atoms with Crippen LogP contribution in [0, 0.1) is 0 Å². The molecule has 1 aliphatic carbocycles. The lowest BCUT2D eigenvalue weighted by Crippen LogP contribution is -2.34. The molecule has 1 rings (SSSR count). The molecule has 90 valence electrons. The Morgan fingerprint density at radius 1 is 1.27 bits per heavy atom. The Hall–Kier alpha value is -0.410. The van der Waals surface area contributed by atoms with E-state index in [2.05, 4.69) is 11.9 Å². The minimum Gasteiger partial charge on any atom is -0.385 e. The van der Waals surface area contributed by atoms with Crippen molar-refractivity contribution >= 4 is 6.79 Å². The van der Waals surface area contributed by atoms with Gasteiger partial charge in [0, 0.05) is 26.3 Å². The summed E-state index contributed by atoms with van der Waals surface area (Å²) in [6.45, 7) is 4.09. The number of rotatable bonds is 5. The Kier molecular flexibility index (Phi) is 9.84. The molecule has 1 saturated carbocycles. The summed E-state index contributed by atoms with van der Waals surface area (Å²) in [5.74, 6) is 0. The fourth-order valence-electron chi connectivity index (χ4n) is 2.16. The highest BCUT2D eigenvalue weighted by molar-refractivity contribution is 5.10. The molecule has 1 aliphatic rings. The molecular weight excluding hydrogens is 190 g/mol. The van der Waals surface area contributed by atoms with Crippen LogP contribution in [-0.4, -0.2) is 45.0 Å². The van der Waals surface area contributed by atoms with E-state index in [1.54, 1.807) is 7.11 Å². The topological polar surface area (TPSA) is 29.5 Å². The summed E-state index contributed by atoms with van der Waals surface area (Å²) in [7, 11) is 4.03. The van der Waals surface area contributed by atoms with Gasteiger partial charge in [-0.15, -0.1) is 0 Å². The average Bonchev–Trinajstić information content (AvgIpc) is 2.33. The van der Waals surface area contributed by atoms with Crippen LogP contribution in [0.1, 0.15) is 38.5 Å². The molecule has 3 heteroatoms. The molecule has 1 fully saturated rings. The molecule has 0 spiro atoms. The predicted octanol–water partition coefficient (Wildman–Crippen LogP) is 2.10. The zero-order chi connectivity index (χ0) is 11.5. The fraction of sp³-hybridized carbons (Fsp3) is 0.917. The van der Waals surface area contributed by atoms with Crippen LogP contribution in [0.3, 0.4) is 0 Å². The van der Waals surface area contributed by atoms with Crippen molar-refractivity contribution in [2.24, 2.45) is 0 Å². The maximum atomic E-state index is 8.00. The van der Waals surface area contributed by atoms with Crippen molar-refractivity contribution < 1.29 is 9.53 Å². The summed E-state index contributed by atoms with van der Waals surface area (Å²) >= 11 is 0. The van der Waals surface area contributed by atoms with Crippen molar-refractivity contribution in [3.05, 3.63) is 0 Å². The zero-order valence-electron chi connectivity index (χ0n) is 10.2. The molecule has 0 radical (unpaired) electrons. The van der Waals surface area contributed by atoms with Gasteiger partial charge >= 0.3 is 0 Å². The van der Waals surface area contributed by atoms with Crippen LogP contribution in [0.25, 0.3) is 0 Å². The Morgan fingerprint density at radius 2 is 1.87 bits per heavy atom. The monoisotopic (exact) mass is 215 g/mol. The van der Waals surface area contributed by atoms with E-state index in [4.69, 9.17) is 9.53 Å². The molecule has 0 aromatic rings. The van der Waals surface area contributed by atoms with Crippen LogP contribution in [-0.2, 0) is 9.53 Å². The third-order valence-corrected chi connectivity index (χ3v) is 3.06. The van der Waals surface area contributed by atoms with Gasteiger partial charge in [0.05, 0.1) is 0 Å². The number of nitrogens with zero attached hydrogens (tertiary/aromatic N) is 1. The fourth-order valence-corrected chi connectivity index (χ4v) is 2.16. The standard InChI is InChI=1S/C11H23NO.CH2O/c1-12(9-6-10-13-2)11-7-4-3-5-8-11;1-2/h11H,3-10H2,1-2H3;1H2. The van der Waals surface area contributed by atoms with Crippen LogP contribution in [0.4, 0.5) is 0 Å². The largest absolute Gasteiger partial charge is 0.385 e. The van der Waals surface area contributed by atoms with E-state index >= 15 is 0 Å². The minimum absolute atomic E-state index is 0.852. The van der Waals surface area contributed by atoms with Gasteiger partial charge in [0.1, 0.15) is 6.79 Å². The van der Waals surface area contributed by atoms with Crippen molar-refractivity contribution in [2.45, 2.75) is 44.6 Å². The van der Waals surface area contributed by atoms with E-state index in [-0.39, 0.29) is 0 Å². The number of methoxy groups -OCH3 is 1. The quantitative estimate of drug-likeness (QED) is 0.658. The molecule has 0 amide bonds. The van der Waals surface area contributed by atoms with Gasteiger partial charge in [-0.2, -0.15) is 0 Å². The first-order valence-electron chi connectivity index (χ1n) is 5.82. The maximum absolute atomic E-state index is 8.00. The smallest absolute Gasteiger partial charge is 0.106 e. The number of carbonyl (C=O) groups is 1. The lowest BCUT2D eigenvalue weighted by atomic mass is 9.94. The van der Waals surface area contributed by atoms with E-state index < -0.39 is 0 Å². The third-order valence-electron chi connectivity index (χ3n) is 3.06. The lowest BCUT2D eigenvalue weighted by Gasteiger charge is -2.31. The van der Waals surface area contributed by atoms with Crippen molar-refractivity contribution in [1.29, 1.82) is 0 Å². The molecule has 0 bridgehead atoms. The Bertz CT molecular complexity index is 136. The summed E-state index contributed by atoms with van der Waals surface area (Å²) in [6.07, 6.45) is 8.29. The molecule has 0 unspecified atom stereocenters. The van der Waals surface area contributed by atoms with Crippen molar-refractivity contribution in [1.82, 2.24) is 4.90 Å². The van der Waals surface area contributed by atoms with Gasteiger partial charge in [0.15, 0.2) is 0 Å². The second kappa shape index (κ2) is 10.1. The van der Waals surface area contributed by atoms with Crippen LogP contribution in [0.15, 0.2) is 0 Å². The molecule has 0 aromatic heterocycles. The van der Waals surface area contributed by atoms with E-state index in [9.17, 15) is 0 Å². The van der Waals surface area contributed by atoms with E-state index in [0.717, 1.165) is 12.6 Å². The second-order valence-corrected chi connectivity index (χ2v) is 4.12. The highest BCUT2D eigenvalue weighted by Gasteiger charge is 2.16. The number of hydrogen-bond donors (Lipinski definition) is 0. The second-order valence-electron chi connectivity index (χ2n) is 4.12. The summed E-state index contributed by atoms with van der Waals surface area (Å²) in [5.41, 5.74) is 0. The van der Waals surface area contributed by atoms with Gasteiger partial charge in [-0.05, 0) is 26.3 Å². The molecule has 0 aromatic carbocycles. The van der Waals surface area contributed by atoms with E-state index in [1.165, 1.54) is 45.1 Å². The predicted molar refractivity (Wildman–Crippen MR) is 63.1 cm³/mol. The highest BCUT2D eigenvalue weighted by atomic mass is 16.5. The van der Waals surface area contributed by atoms with Gasteiger partial charge in [-0.3, -0.25) is 0 Å². The summed E-state index contributed by atoms with van der Waals surface area (Å²) in [5, 5.41) is 0. The summed E-state index contributed by atoms with van der Waals surface area (Å²) in [6, 6.07) is 0.852. The molecule has 0 saturated heterocycles. The van der Waals surface area contributed by atoms with E-state index in [1.807, 2.05) is 6.79 Å². The molecule has 0 atom stereocenters. The zero-order valence-corrected chi connectivity index (χ0v) is 10.2. The van der Waals surface area contributed by atoms with Crippen LogP contribution in [0.2, 0.25) is 0 Å². The van der Waals surface area contributed by atoms with Crippen molar-refractivity contribution in [2.75, 3.05) is 27.3 Å². The first-order valence-corrected chi connectivity index (χ1v) is 5.82. The summed E-state index contributed by atoms with van der Waals surface area (Å²) < 4.78 is 5.05. The Balaban J connectivity index is 0.000000921. The Morgan fingerprint density at radius 3 is 2.40 bits per heavy atom. The minimum atomic E-state index is 0.852. The highest BCUT2D eigenvalue weighted by Crippen LogP contribution is 2.21. The van der Waals surface area contributed by atoms with Gasteiger partial charge in [0.2, 0.25) is 0 Å². The molecule has 0 N–H and O–H groups in total. The molecule has 15 heavy (non-hydrogen) atoms. The normalized spacial score (nSPS) is 17.3. The lowest BCUT2D eigenvalue weighted by molar-refractivity contribution is -0.0979. The van der Waals surface area contributed by atoms with Gasteiger partial charge in [-0.1, -0.05) is 19.3 Å². The molecule has 0 aliphatic heterocycles. The first kappa shape index (κ1) is 14.6. The third kappa shape index (κ3) is 6.63. The molecule has 0 heterocycles. The van der Waals surface area contributed by atoms with Gasteiger partial charge < -0.3 is 14.4 Å². The number of carbonyl (C=O) groups excluding carboxylic acids is 1. The first-order chi connectivity index (χ1) is 7.34. The van der Waals surface area contributed by atoms with Crippen LogP contribution in [0.5, 0.6) is 0 Å². The SMILES string of the molecule is C=O.COCCCN(C)C1CCCCC1.